The number of hydrogen-bond donors (Lipinski definition) is 13. The van der Waals surface area contributed by atoms with E-state index in [1.54, 1.807) is 6.92 Å². The topological polar surface area (TPSA) is 402 Å². The smallest absolute Gasteiger partial charge is 0.504 e. The monoisotopic (exact) mass is 923 g/mol. The third kappa shape index (κ3) is 19.3. The van der Waals surface area contributed by atoms with Crippen molar-refractivity contribution in [3.05, 3.63) is 59.7 Å². The molecule has 0 fully saturated rings. The van der Waals surface area contributed by atoms with Crippen molar-refractivity contribution >= 4 is 67.3 Å². The van der Waals surface area contributed by atoms with Gasteiger partial charge < -0.3 is 61.7 Å². The number of aromatic hydroxyl groups is 2. The van der Waals surface area contributed by atoms with E-state index < -0.39 is 147 Å². The minimum Gasteiger partial charge on any atom is -0.504 e. The molecule has 0 aromatic heterocycles. The average molecular weight is 924 g/mol. The van der Waals surface area contributed by atoms with Gasteiger partial charge >= 0.3 is 31.7 Å². The van der Waals surface area contributed by atoms with Gasteiger partial charge in [-0.1, -0.05) is 38.5 Å². The number of phosphoric ester groups is 1. The summed E-state index contributed by atoms with van der Waals surface area (Å²) in [4.78, 5) is 132. The van der Waals surface area contributed by atoms with Crippen molar-refractivity contribution in [2.24, 2.45) is 5.92 Å². The SMILES string of the molecule is CC[C@H](C)[C@H](NC(=O)[C@H](CCC(=O)O)NC(=O)[C@H](CCC(=O)O)NC(=O)[C@H](Cc1ccc(OP(=O)(O)O)cc1)NC(=O)/C=C/c1ccc(O)c(O)c1)C(=O)N[C@@H](CCC(=O)O)C(=O)O. The molecular weight excluding hydrogens is 873 g/mol. The normalized spacial score (nSPS) is 14.1. The number of carboxylic acid groups (broad SMARTS) is 4. The number of phosphoric acid groups is 1. The number of hydrogen-bond acceptors (Lipinski definition) is 13. The van der Waals surface area contributed by atoms with Crippen LogP contribution >= 0.6 is 7.82 Å². The number of carbonyl (C=O) groups excluding carboxylic acids is 5. The highest BCUT2D eigenvalue weighted by molar-refractivity contribution is 7.46. The lowest BCUT2D eigenvalue weighted by molar-refractivity contribution is -0.144. The molecule has 0 aliphatic carbocycles. The lowest BCUT2D eigenvalue weighted by atomic mass is 9.96. The second-order valence-electron chi connectivity index (χ2n) is 14.3. The van der Waals surface area contributed by atoms with Crippen molar-refractivity contribution in [3.63, 3.8) is 0 Å². The zero-order valence-corrected chi connectivity index (χ0v) is 35.2. The first kappa shape index (κ1) is 53.1. The number of amides is 5. The molecule has 0 spiro atoms. The average Bonchev–Trinajstić information content (AvgIpc) is 3.20. The van der Waals surface area contributed by atoms with Gasteiger partial charge in [0, 0.05) is 31.8 Å². The summed E-state index contributed by atoms with van der Waals surface area (Å²) in [6, 6.07) is 0.199. The van der Waals surface area contributed by atoms with E-state index in [0.29, 0.717) is 0 Å². The molecule has 0 unspecified atom stereocenters. The molecule has 2 aromatic carbocycles. The Labute approximate surface area is 364 Å². The second kappa shape index (κ2) is 25.2. The Kier molecular flexibility index (Phi) is 20.9. The number of rotatable bonds is 27. The van der Waals surface area contributed by atoms with Gasteiger partial charge in [-0.05, 0) is 66.6 Å². The zero-order chi connectivity index (χ0) is 48.3. The highest BCUT2D eigenvalue weighted by Crippen LogP contribution is 2.37. The predicted octanol–water partition coefficient (Wildman–Crippen LogP) is -0.0257. The first-order valence-corrected chi connectivity index (χ1v) is 20.9. The Morgan fingerprint density at radius 2 is 1.12 bits per heavy atom. The molecule has 0 saturated heterocycles. The van der Waals surface area contributed by atoms with Crippen molar-refractivity contribution in [2.45, 2.75) is 95.4 Å². The summed E-state index contributed by atoms with van der Waals surface area (Å²) >= 11 is 0. The van der Waals surface area contributed by atoms with Crippen LogP contribution < -0.4 is 31.1 Å². The fourth-order valence-corrected chi connectivity index (χ4v) is 6.06. The van der Waals surface area contributed by atoms with Crippen molar-refractivity contribution < 1.29 is 92.7 Å². The minimum atomic E-state index is -4.95. The molecule has 2 aromatic rings. The summed E-state index contributed by atoms with van der Waals surface area (Å²) in [5.74, 6) is -13.1. The maximum Gasteiger partial charge on any atom is 0.524 e. The van der Waals surface area contributed by atoms with Gasteiger partial charge in [-0.15, -0.1) is 0 Å². The van der Waals surface area contributed by atoms with E-state index in [1.807, 2.05) is 0 Å². The van der Waals surface area contributed by atoms with Gasteiger partial charge in [-0.3, -0.25) is 48.1 Å². The summed E-state index contributed by atoms with van der Waals surface area (Å²) in [5, 5.41) is 68.3. The number of nitrogens with one attached hydrogen (secondary N) is 5. The highest BCUT2D eigenvalue weighted by Gasteiger charge is 2.35. The molecule has 0 radical (unpaired) electrons. The summed E-state index contributed by atoms with van der Waals surface area (Å²) < 4.78 is 15.8. The molecule has 6 atom stereocenters. The van der Waals surface area contributed by atoms with Crippen molar-refractivity contribution in [1.82, 2.24) is 26.6 Å². The lowest BCUT2D eigenvalue weighted by Gasteiger charge is -2.28. The third-order valence-corrected chi connectivity index (χ3v) is 9.71. The highest BCUT2D eigenvalue weighted by atomic mass is 31.2. The number of carbonyl (C=O) groups is 9. The van der Waals surface area contributed by atoms with Crippen LogP contribution in [-0.2, 0) is 54.1 Å². The maximum absolute atomic E-state index is 13.9. The van der Waals surface area contributed by atoms with E-state index in [4.69, 9.17) is 14.9 Å². The Balaban J connectivity index is 2.46. The minimum absolute atomic E-state index is 0.222. The number of benzene rings is 2. The molecule has 64 heavy (non-hydrogen) atoms. The van der Waals surface area contributed by atoms with Crippen LogP contribution in [0, 0.1) is 5.92 Å². The van der Waals surface area contributed by atoms with Gasteiger partial charge in [-0.25, -0.2) is 9.36 Å². The van der Waals surface area contributed by atoms with Crippen molar-refractivity contribution in [3.8, 4) is 17.2 Å². The standard InChI is InChI=1S/C39H50N5O19P/c1-3-20(2)34(38(57)43-26(39(58)59)12-17-33(52)53)44-36(55)25(11-16-32(50)51)41-35(54)24(10-15-31(48)49)42-37(56)27(18-21-4-8-23(9-5-21)63-64(60,61)62)40-30(47)14-7-22-6-13-28(45)29(46)19-22/h4-9,13-14,19-20,24-27,34,45-46H,3,10-12,15-18H2,1-2H3,(H,40,47)(H,41,54)(H,42,56)(H,43,57)(H,44,55)(H,48,49)(H,50,51)(H,52,53)(H,58,59)(H2,60,61,62)/b14-7+/t20-,24-,25-,26-,27-,34-/m0/s1. The molecule has 0 heterocycles. The molecule has 0 saturated carbocycles. The van der Waals surface area contributed by atoms with Gasteiger partial charge in [0.2, 0.25) is 29.5 Å². The van der Waals surface area contributed by atoms with Gasteiger partial charge in [0.05, 0.1) is 0 Å². The lowest BCUT2D eigenvalue weighted by Crippen LogP contribution is -2.60. The van der Waals surface area contributed by atoms with E-state index in [-0.39, 0.29) is 29.7 Å². The van der Waals surface area contributed by atoms with Crippen LogP contribution in [0.15, 0.2) is 48.5 Å². The number of carboxylic acids is 4. The van der Waals surface area contributed by atoms with Crippen LogP contribution in [0.3, 0.4) is 0 Å². The summed E-state index contributed by atoms with van der Waals surface area (Å²) in [6.45, 7) is 3.13. The molecular formula is C39H50N5O19P. The van der Waals surface area contributed by atoms with Crippen molar-refractivity contribution in [2.75, 3.05) is 0 Å². The maximum atomic E-state index is 13.9. The Hall–Kier alpha value is -7.04. The molecule has 24 nitrogen and oxygen atoms in total. The van der Waals surface area contributed by atoms with Gasteiger partial charge in [0.15, 0.2) is 11.5 Å². The third-order valence-electron chi connectivity index (χ3n) is 9.26. The molecule has 13 N–H and O–H groups in total. The second-order valence-corrected chi connectivity index (χ2v) is 15.4. The predicted molar refractivity (Wildman–Crippen MR) is 219 cm³/mol. The molecule has 350 valence electrons. The number of phenolic OH excluding ortho intramolecular Hbond substituents is 2. The molecule has 25 heteroatoms. The molecule has 2 rings (SSSR count). The number of aliphatic carboxylic acids is 4. The summed E-state index contributed by atoms with van der Waals surface area (Å²) in [5.41, 5.74) is 0.509. The van der Waals surface area contributed by atoms with Crippen molar-refractivity contribution in [1.29, 1.82) is 0 Å². The van der Waals surface area contributed by atoms with E-state index in [2.05, 4.69) is 31.1 Å². The van der Waals surface area contributed by atoms with Crippen LogP contribution in [0.4, 0.5) is 0 Å². The zero-order valence-electron chi connectivity index (χ0n) is 34.3. The Morgan fingerprint density at radius 1 is 0.641 bits per heavy atom. The van der Waals surface area contributed by atoms with Crippen LogP contribution in [0.5, 0.6) is 17.2 Å². The molecule has 0 aliphatic rings. The van der Waals surface area contributed by atoms with E-state index in [1.165, 1.54) is 31.2 Å². The quantitative estimate of drug-likeness (QED) is 0.0318. The fraction of sp³-hybridized carbons (Fsp3) is 0.410. The van der Waals surface area contributed by atoms with E-state index in [9.17, 15) is 73.2 Å². The first-order valence-electron chi connectivity index (χ1n) is 19.3. The summed E-state index contributed by atoms with van der Waals surface area (Å²) in [6.07, 6.45) is -1.81. The Bertz CT molecular complexity index is 2110. The van der Waals surface area contributed by atoms with Gasteiger partial charge in [-0.2, -0.15) is 0 Å². The molecule has 5 amide bonds. The van der Waals surface area contributed by atoms with Crippen LogP contribution in [0.2, 0.25) is 0 Å². The van der Waals surface area contributed by atoms with Crippen LogP contribution in [0.25, 0.3) is 6.08 Å². The van der Waals surface area contributed by atoms with Crippen LogP contribution in [0.1, 0.15) is 69.9 Å². The fourth-order valence-electron chi connectivity index (χ4n) is 5.66. The molecule has 0 aliphatic heterocycles. The first-order chi connectivity index (χ1) is 29.9. The Morgan fingerprint density at radius 3 is 1.59 bits per heavy atom. The summed E-state index contributed by atoms with van der Waals surface area (Å²) in [7, 11) is -4.95. The van der Waals surface area contributed by atoms with Crippen LogP contribution in [-0.4, -0.2) is 124 Å². The van der Waals surface area contributed by atoms with Gasteiger partial charge in [0.25, 0.3) is 0 Å². The van der Waals surface area contributed by atoms with Gasteiger partial charge in [0.1, 0.15) is 36.0 Å². The van der Waals surface area contributed by atoms with E-state index >= 15 is 0 Å². The van der Waals surface area contributed by atoms with E-state index in [0.717, 1.165) is 30.3 Å². The number of phenols is 2. The molecule has 0 bridgehead atoms. The largest absolute Gasteiger partial charge is 0.524 e.